The summed E-state index contributed by atoms with van der Waals surface area (Å²) in [5, 5.41) is 9.32. The van der Waals surface area contributed by atoms with Crippen LogP contribution in [0.2, 0.25) is 0 Å². The Morgan fingerprint density at radius 1 is 0.731 bits per heavy atom. The van der Waals surface area contributed by atoms with Crippen LogP contribution in [0, 0.1) is 0 Å². The van der Waals surface area contributed by atoms with Crippen molar-refractivity contribution in [3.8, 4) is 11.5 Å². The minimum atomic E-state index is -0.268. The molecule has 0 unspecified atom stereocenters. The van der Waals surface area contributed by atoms with Gasteiger partial charge in [-0.3, -0.25) is 20.2 Å². The molecule has 0 aliphatic carbocycles. The number of nitrogens with zero attached hydrogens (tertiary/aromatic N) is 3. The first-order valence-corrected chi connectivity index (χ1v) is 17.5. The highest BCUT2D eigenvalue weighted by molar-refractivity contribution is 7.80. The second kappa shape index (κ2) is 19.9. The molecule has 0 aliphatic rings. The molecule has 4 aromatic carbocycles. The van der Waals surface area contributed by atoms with E-state index in [9.17, 15) is 9.59 Å². The summed E-state index contributed by atoms with van der Waals surface area (Å²) in [4.78, 5) is 33.3. The first-order chi connectivity index (χ1) is 25.2. The minimum absolute atomic E-state index is 0.182. The molecule has 0 fully saturated rings. The van der Waals surface area contributed by atoms with Crippen LogP contribution in [0.5, 0.6) is 11.5 Å². The van der Waals surface area contributed by atoms with Crippen LogP contribution in [0.4, 0.5) is 22.2 Å². The van der Waals surface area contributed by atoms with Crippen LogP contribution < -0.4 is 35.2 Å². The van der Waals surface area contributed by atoms with E-state index in [2.05, 4.69) is 30.7 Å². The largest absolute Gasteiger partial charge is 0.495 e. The topological polar surface area (TPSA) is 127 Å². The number of methoxy groups -OCH3 is 4. The number of carbonyl (C=O) groups excluding carboxylic acids is 2. The number of ether oxygens (including phenoxy) is 4. The van der Waals surface area contributed by atoms with Crippen molar-refractivity contribution in [2.45, 2.75) is 0 Å². The summed E-state index contributed by atoms with van der Waals surface area (Å²) in [5.74, 6) is 0.860. The predicted molar refractivity (Wildman–Crippen MR) is 214 cm³/mol. The number of likely N-dealkylation sites (N-methyl/N-ethyl adjacent to an activating group) is 2. The Hall–Kier alpha value is -5.28. The lowest BCUT2D eigenvalue weighted by Crippen LogP contribution is -2.34. The monoisotopic (exact) mass is 744 g/mol. The number of anilines is 4. The predicted octanol–water partition coefficient (Wildman–Crippen LogP) is 6.54. The Morgan fingerprint density at radius 3 is 1.90 bits per heavy atom. The van der Waals surface area contributed by atoms with Crippen molar-refractivity contribution in [3.63, 3.8) is 0 Å². The fourth-order valence-electron chi connectivity index (χ4n) is 4.90. The average Bonchev–Trinajstić information content (AvgIpc) is 3.60. The molecule has 12 nitrogen and oxygen atoms in total. The summed E-state index contributed by atoms with van der Waals surface area (Å²) in [5.41, 5.74) is 4.54. The van der Waals surface area contributed by atoms with Gasteiger partial charge in [0.15, 0.2) is 10.2 Å². The van der Waals surface area contributed by atoms with E-state index in [0.29, 0.717) is 46.7 Å². The summed E-state index contributed by atoms with van der Waals surface area (Å²) in [7, 11) is 10.5. The van der Waals surface area contributed by atoms with Crippen LogP contribution in [0.15, 0.2) is 91.0 Å². The Morgan fingerprint density at radius 2 is 1.31 bits per heavy atom. The number of thiazole rings is 1. The zero-order chi connectivity index (χ0) is 37.5. The zero-order valence-electron chi connectivity index (χ0n) is 30.1. The maximum atomic E-state index is 12.4. The smallest absolute Gasteiger partial charge is 0.257 e. The zero-order valence-corrected chi connectivity index (χ0v) is 31.7. The van der Waals surface area contributed by atoms with E-state index in [1.165, 1.54) is 11.3 Å². The van der Waals surface area contributed by atoms with Gasteiger partial charge in [0.05, 0.1) is 43.5 Å². The molecule has 0 aliphatic heterocycles. The lowest BCUT2D eigenvalue weighted by molar-refractivity contribution is 0.0976. The Kier molecular flexibility index (Phi) is 15.1. The van der Waals surface area contributed by atoms with Crippen LogP contribution in [0.25, 0.3) is 10.2 Å². The summed E-state index contributed by atoms with van der Waals surface area (Å²) in [6, 6.07) is 27.6. The van der Waals surface area contributed by atoms with Crippen LogP contribution in [0.3, 0.4) is 0 Å². The van der Waals surface area contributed by atoms with Crippen molar-refractivity contribution in [3.05, 3.63) is 102 Å². The molecule has 274 valence electrons. The summed E-state index contributed by atoms with van der Waals surface area (Å²) in [6.07, 6.45) is 0. The molecule has 0 bridgehead atoms. The summed E-state index contributed by atoms with van der Waals surface area (Å²) < 4.78 is 22.0. The number of fused-ring (bicyclic) bond motifs is 1. The van der Waals surface area contributed by atoms with E-state index in [1.54, 1.807) is 64.8 Å². The highest BCUT2D eigenvalue weighted by atomic mass is 32.1. The molecule has 5 rings (SSSR count). The van der Waals surface area contributed by atoms with Crippen molar-refractivity contribution in [1.82, 2.24) is 10.3 Å². The molecule has 5 aromatic rings. The minimum Gasteiger partial charge on any atom is -0.495 e. The Balaban J connectivity index is 0.000000233. The molecule has 2 amide bonds. The molecule has 0 saturated carbocycles. The normalized spacial score (nSPS) is 10.4. The molecule has 0 spiro atoms. The van der Waals surface area contributed by atoms with E-state index in [-0.39, 0.29) is 16.9 Å². The van der Waals surface area contributed by atoms with Crippen LogP contribution in [-0.2, 0) is 9.47 Å². The quantitative estimate of drug-likeness (QED) is 0.107. The highest BCUT2D eigenvalue weighted by Gasteiger charge is 2.17. The van der Waals surface area contributed by atoms with Gasteiger partial charge in [0.2, 0.25) is 0 Å². The number of carbonyl (C=O) groups is 2. The third-order valence-electron chi connectivity index (χ3n) is 7.77. The Bertz CT molecular complexity index is 1930. The number of hydrogen-bond acceptors (Lipinski definition) is 11. The van der Waals surface area contributed by atoms with Crippen LogP contribution in [0.1, 0.15) is 20.7 Å². The van der Waals surface area contributed by atoms with Gasteiger partial charge >= 0.3 is 0 Å². The van der Waals surface area contributed by atoms with Gasteiger partial charge in [-0.15, -0.1) is 0 Å². The number of nitrogens with one attached hydrogen (secondary N) is 3. The van der Waals surface area contributed by atoms with E-state index in [1.807, 2.05) is 68.7 Å². The van der Waals surface area contributed by atoms with Gasteiger partial charge in [0, 0.05) is 58.2 Å². The fourth-order valence-corrected chi connectivity index (χ4v) is 6.15. The number of thiocarbonyl (C=S) groups is 1. The maximum Gasteiger partial charge on any atom is 0.257 e. The van der Waals surface area contributed by atoms with E-state index < -0.39 is 0 Å². The van der Waals surface area contributed by atoms with Gasteiger partial charge in [-0.25, -0.2) is 4.98 Å². The number of aromatic nitrogens is 1. The molecule has 0 radical (unpaired) electrons. The van der Waals surface area contributed by atoms with Gasteiger partial charge in [-0.05, 0) is 66.8 Å². The SMILES string of the molecule is COCCN(C)c1ccc(OC)c(NC(=S)NC(=O)c2ccccc2)c1.COCCN(C)c1ccc(OC)c2nc(NC(=O)c3ccccc3)sc12. The second-order valence-electron chi connectivity index (χ2n) is 11.3. The first kappa shape index (κ1) is 39.5. The molecular formula is C38H44N6O6S2. The van der Waals surface area contributed by atoms with Gasteiger partial charge in [-0.2, -0.15) is 0 Å². The van der Waals surface area contributed by atoms with Gasteiger partial charge in [0.1, 0.15) is 17.0 Å². The van der Waals surface area contributed by atoms with Gasteiger partial charge in [0.25, 0.3) is 11.8 Å². The van der Waals surface area contributed by atoms with Crippen molar-refractivity contribution in [2.24, 2.45) is 0 Å². The molecule has 3 N–H and O–H groups in total. The first-order valence-electron chi connectivity index (χ1n) is 16.3. The van der Waals surface area contributed by atoms with Gasteiger partial charge in [-0.1, -0.05) is 47.7 Å². The van der Waals surface area contributed by atoms with Crippen molar-refractivity contribution in [1.29, 1.82) is 0 Å². The highest BCUT2D eigenvalue weighted by Crippen LogP contribution is 2.39. The second-order valence-corrected chi connectivity index (χ2v) is 12.7. The maximum absolute atomic E-state index is 12.4. The molecule has 52 heavy (non-hydrogen) atoms. The van der Waals surface area contributed by atoms with Crippen LogP contribution in [-0.4, -0.2) is 90.7 Å². The molecule has 0 atom stereocenters. The third kappa shape index (κ3) is 10.9. The van der Waals surface area contributed by atoms with E-state index >= 15 is 0 Å². The van der Waals surface area contributed by atoms with Crippen molar-refractivity contribution < 1.29 is 28.5 Å². The lowest BCUT2D eigenvalue weighted by Gasteiger charge is -2.21. The Labute approximate surface area is 313 Å². The van der Waals surface area contributed by atoms with Crippen LogP contribution >= 0.6 is 23.6 Å². The van der Waals surface area contributed by atoms with Crippen molar-refractivity contribution >= 4 is 72.9 Å². The molecule has 1 aromatic heterocycles. The molecule has 14 heteroatoms. The molecule has 0 saturated heterocycles. The summed E-state index contributed by atoms with van der Waals surface area (Å²) in [6.45, 7) is 2.75. The molecule has 1 heterocycles. The van der Waals surface area contributed by atoms with Gasteiger partial charge < -0.3 is 34.1 Å². The molecular weight excluding hydrogens is 701 g/mol. The van der Waals surface area contributed by atoms with Crippen molar-refractivity contribution in [2.75, 3.05) is 89.3 Å². The standard InChI is InChI=1S/C19H21N3O3S.C19H23N3O3S/c1-22(11-12-24-2)14-9-10-15(25-3)16-17(14)26-19(20-16)21-18(23)13-7-5-4-6-8-13;1-22(11-12-24-2)15-9-10-17(25-3)16(13-15)20-19(26)21-18(23)14-7-5-4-6-8-14/h4-10H,11-12H2,1-3H3,(H,20,21,23);4-10,13H,11-12H2,1-3H3,(H2,20,21,23,26). The van der Waals surface area contributed by atoms with E-state index in [0.717, 1.165) is 34.7 Å². The van der Waals surface area contributed by atoms with E-state index in [4.69, 9.17) is 31.2 Å². The number of benzene rings is 4. The lowest BCUT2D eigenvalue weighted by atomic mass is 10.2. The number of amides is 2. The third-order valence-corrected chi connectivity index (χ3v) is 8.97. The summed E-state index contributed by atoms with van der Waals surface area (Å²) >= 11 is 6.70. The fraction of sp³-hybridized carbons (Fsp3) is 0.263. The number of rotatable bonds is 14. The number of hydrogen-bond donors (Lipinski definition) is 3. The average molecular weight is 745 g/mol.